The zero-order valence-corrected chi connectivity index (χ0v) is 21.7. The van der Waals surface area contributed by atoms with Crippen molar-refractivity contribution in [1.29, 1.82) is 0 Å². The summed E-state index contributed by atoms with van der Waals surface area (Å²) in [6, 6.07) is 8.42. The molecule has 4 rings (SSSR count). The summed E-state index contributed by atoms with van der Waals surface area (Å²) in [5, 5.41) is 2.05. The van der Waals surface area contributed by atoms with Crippen LogP contribution in [0.1, 0.15) is 84.0 Å². The van der Waals surface area contributed by atoms with Crippen LogP contribution in [0.15, 0.2) is 32.7 Å². The molecule has 0 spiro atoms. The molecule has 1 aliphatic carbocycles. The number of fused-ring (bicyclic) bond motifs is 3. The van der Waals surface area contributed by atoms with Crippen LogP contribution >= 0.6 is 8.01 Å². The standard InChI is InChI=1S/C27H37O4P/c1-26(2,3)22-15-17(28-7)13-20-21-14-18(29-8)16-23(27(4,5)6)25(21)31-32(30-24(20)22)19-11-9-10-12-19/h13-16,19H,9-12H2,1-8H3. The first-order valence-electron chi connectivity index (χ1n) is 11.6. The minimum absolute atomic E-state index is 0.106. The lowest BCUT2D eigenvalue weighted by Gasteiger charge is -2.21. The van der Waals surface area contributed by atoms with E-state index in [-0.39, 0.29) is 10.8 Å². The van der Waals surface area contributed by atoms with Crippen molar-refractivity contribution < 1.29 is 17.9 Å². The van der Waals surface area contributed by atoms with E-state index in [1.54, 1.807) is 14.2 Å². The fourth-order valence-electron chi connectivity index (χ4n) is 4.61. The van der Waals surface area contributed by atoms with E-state index in [4.69, 9.17) is 17.9 Å². The highest BCUT2D eigenvalue weighted by atomic mass is 31.1. The summed E-state index contributed by atoms with van der Waals surface area (Å²) in [7, 11) is 2.34. The van der Waals surface area contributed by atoms with Crippen LogP contribution < -0.4 is 9.47 Å². The average molecular weight is 457 g/mol. The van der Waals surface area contributed by atoms with Crippen molar-refractivity contribution in [3.8, 4) is 11.5 Å². The molecule has 32 heavy (non-hydrogen) atoms. The molecular formula is C27H37O4P. The smallest absolute Gasteiger partial charge is 0.219 e. The third-order valence-electron chi connectivity index (χ3n) is 6.49. The second kappa shape index (κ2) is 8.37. The topological polar surface area (TPSA) is 44.7 Å². The molecule has 1 heterocycles. The molecule has 1 aromatic heterocycles. The summed E-state index contributed by atoms with van der Waals surface area (Å²) >= 11 is 0. The van der Waals surface area contributed by atoms with Gasteiger partial charge in [0.1, 0.15) is 22.7 Å². The molecule has 1 fully saturated rings. The quantitative estimate of drug-likeness (QED) is 0.394. The summed E-state index contributed by atoms with van der Waals surface area (Å²) < 4.78 is 25.2. The Kier molecular flexibility index (Phi) is 6.05. The van der Waals surface area contributed by atoms with Crippen molar-refractivity contribution >= 4 is 30.0 Å². The number of rotatable bonds is 3. The summed E-state index contributed by atoms with van der Waals surface area (Å²) in [6.45, 7) is 13.3. The lowest BCUT2D eigenvalue weighted by Crippen LogP contribution is -2.12. The maximum atomic E-state index is 6.87. The van der Waals surface area contributed by atoms with E-state index >= 15 is 0 Å². The van der Waals surface area contributed by atoms with Crippen LogP contribution in [0.4, 0.5) is 0 Å². The van der Waals surface area contributed by atoms with Gasteiger partial charge in [-0.1, -0.05) is 54.4 Å². The van der Waals surface area contributed by atoms with Crippen LogP contribution in [0.3, 0.4) is 0 Å². The van der Waals surface area contributed by atoms with Crippen molar-refractivity contribution in [1.82, 2.24) is 0 Å². The summed E-state index contributed by atoms with van der Waals surface area (Å²) in [5.41, 5.74) is 4.40. The molecule has 0 atom stereocenters. The van der Waals surface area contributed by atoms with E-state index in [0.717, 1.165) is 44.6 Å². The maximum Gasteiger partial charge on any atom is 0.219 e. The second-order valence-electron chi connectivity index (χ2n) is 11.0. The van der Waals surface area contributed by atoms with E-state index in [2.05, 4.69) is 65.8 Å². The molecule has 0 unspecified atom stereocenters. The van der Waals surface area contributed by atoms with Gasteiger partial charge in [-0.15, -0.1) is 0 Å². The number of benzene rings is 2. The predicted molar refractivity (Wildman–Crippen MR) is 134 cm³/mol. The Balaban J connectivity index is 2.27. The van der Waals surface area contributed by atoms with Gasteiger partial charge >= 0.3 is 0 Å². The molecule has 0 N–H and O–H groups in total. The molecule has 2 aromatic carbocycles. The van der Waals surface area contributed by atoms with Crippen LogP contribution in [0.5, 0.6) is 11.5 Å². The van der Waals surface area contributed by atoms with Gasteiger partial charge in [-0.05, 0) is 47.9 Å². The summed E-state index contributed by atoms with van der Waals surface area (Å²) in [6.07, 6.45) is 4.83. The fraction of sp³-hybridized carbons (Fsp3) is 0.556. The second-order valence-corrected chi connectivity index (χ2v) is 12.7. The van der Waals surface area contributed by atoms with Crippen molar-refractivity contribution in [2.75, 3.05) is 14.2 Å². The lowest BCUT2D eigenvalue weighted by atomic mass is 9.84. The number of hydrogen-bond donors (Lipinski definition) is 0. The Bertz CT molecular complexity index is 1090. The van der Waals surface area contributed by atoms with E-state index in [0.29, 0.717) is 5.66 Å². The van der Waals surface area contributed by atoms with Crippen LogP contribution in [0.2, 0.25) is 0 Å². The number of hydrogen-bond acceptors (Lipinski definition) is 4. The number of ether oxygens (including phenoxy) is 2. The fourth-order valence-corrected chi connectivity index (χ4v) is 6.49. The van der Waals surface area contributed by atoms with E-state index in [9.17, 15) is 0 Å². The molecule has 0 bridgehead atoms. The summed E-state index contributed by atoms with van der Waals surface area (Å²) in [4.78, 5) is 0. The minimum atomic E-state index is -1.11. The molecule has 0 aliphatic heterocycles. The van der Waals surface area contributed by atoms with Crippen molar-refractivity contribution in [3.63, 3.8) is 0 Å². The first-order valence-corrected chi connectivity index (χ1v) is 12.9. The van der Waals surface area contributed by atoms with Gasteiger partial charge in [-0.25, -0.2) is 0 Å². The highest BCUT2D eigenvalue weighted by molar-refractivity contribution is 7.37. The highest BCUT2D eigenvalue weighted by Gasteiger charge is 2.28. The van der Waals surface area contributed by atoms with Crippen LogP contribution in [-0.4, -0.2) is 14.2 Å². The zero-order valence-electron chi connectivity index (χ0n) is 20.8. The first-order chi connectivity index (χ1) is 15.0. The van der Waals surface area contributed by atoms with Gasteiger partial charge in [0.25, 0.3) is 0 Å². The maximum absolute atomic E-state index is 6.87. The van der Waals surface area contributed by atoms with Gasteiger partial charge in [0.2, 0.25) is 8.01 Å². The third kappa shape index (κ3) is 4.27. The first kappa shape index (κ1) is 23.1. The summed E-state index contributed by atoms with van der Waals surface area (Å²) in [5.74, 6) is 1.66. The lowest BCUT2D eigenvalue weighted by molar-refractivity contribution is 0.413. The van der Waals surface area contributed by atoms with Gasteiger partial charge in [0, 0.05) is 21.9 Å². The van der Waals surface area contributed by atoms with Crippen molar-refractivity contribution in [3.05, 3.63) is 35.4 Å². The van der Waals surface area contributed by atoms with Crippen LogP contribution in [-0.2, 0) is 10.8 Å². The molecule has 1 aliphatic rings. The van der Waals surface area contributed by atoms with Crippen LogP contribution in [0.25, 0.3) is 21.9 Å². The Morgan fingerprint density at radius 3 is 1.47 bits per heavy atom. The van der Waals surface area contributed by atoms with Gasteiger partial charge in [0.15, 0.2) is 0 Å². The molecule has 0 saturated heterocycles. The highest BCUT2D eigenvalue weighted by Crippen LogP contribution is 2.53. The molecule has 5 heteroatoms. The van der Waals surface area contributed by atoms with Gasteiger partial charge in [-0.2, -0.15) is 0 Å². The Labute approximate surface area is 192 Å². The molecular weight excluding hydrogens is 419 g/mol. The normalized spacial score (nSPS) is 15.5. The Morgan fingerprint density at radius 1 is 0.719 bits per heavy atom. The van der Waals surface area contributed by atoms with Gasteiger partial charge in [-0.3, -0.25) is 0 Å². The largest absolute Gasteiger partial charge is 0.497 e. The van der Waals surface area contributed by atoms with Crippen molar-refractivity contribution in [2.24, 2.45) is 0 Å². The third-order valence-corrected chi connectivity index (χ3v) is 8.33. The monoisotopic (exact) mass is 456 g/mol. The van der Waals surface area contributed by atoms with Gasteiger partial charge in [0.05, 0.1) is 19.9 Å². The molecule has 4 nitrogen and oxygen atoms in total. The van der Waals surface area contributed by atoms with E-state index < -0.39 is 8.01 Å². The van der Waals surface area contributed by atoms with E-state index in [1.165, 1.54) is 25.7 Å². The molecule has 1 saturated carbocycles. The SMILES string of the molecule is COc1cc(C(C)(C)C)c2op(C3CCCC3)oc3c(C(C)(C)C)cc(OC)cc3c2c1. The number of methoxy groups -OCH3 is 2. The molecule has 0 radical (unpaired) electrons. The van der Waals surface area contributed by atoms with Crippen LogP contribution in [0, 0.1) is 0 Å². The Hall–Kier alpha value is -2.06. The molecule has 174 valence electrons. The minimum Gasteiger partial charge on any atom is -0.497 e. The Morgan fingerprint density at radius 2 is 1.12 bits per heavy atom. The average Bonchev–Trinajstić information content (AvgIpc) is 3.21. The van der Waals surface area contributed by atoms with Gasteiger partial charge < -0.3 is 17.9 Å². The van der Waals surface area contributed by atoms with E-state index in [1.807, 2.05) is 0 Å². The zero-order chi connectivity index (χ0) is 23.3. The van der Waals surface area contributed by atoms with Crippen molar-refractivity contribution in [2.45, 2.75) is 83.7 Å². The molecule has 0 amide bonds. The predicted octanol–water partition coefficient (Wildman–Crippen LogP) is 9.02. The molecule has 3 aromatic rings.